The van der Waals surface area contributed by atoms with Gasteiger partial charge in [-0.1, -0.05) is 0 Å². The molecule has 2 heterocycles. The summed E-state index contributed by atoms with van der Waals surface area (Å²) < 4.78 is 11.0. The van der Waals surface area contributed by atoms with Gasteiger partial charge in [0.05, 0.1) is 12.2 Å². The summed E-state index contributed by atoms with van der Waals surface area (Å²) in [5.41, 5.74) is -0.655. The van der Waals surface area contributed by atoms with Gasteiger partial charge in [-0.05, 0) is 13.8 Å². The molecule has 2 aliphatic rings. The fourth-order valence-corrected chi connectivity index (χ4v) is 3.43. The number of carbonyl (C=O) groups is 2. The van der Waals surface area contributed by atoms with Crippen LogP contribution in [0.4, 0.5) is 0 Å². The maximum absolute atomic E-state index is 12.0. The van der Waals surface area contributed by atoms with Gasteiger partial charge >= 0.3 is 0 Å². The summed E-state index contributed by atoms with van der Waals surface area (Å²) in [6, 6.07) is 0. The van der Waals surface area contributed by atoms with Gasteiger partial charge in [-0.3, -0.25) is 9.59 Å². The SMILES string of the molecule is CC(=O)c1c(O)c2c(c(C(C)=O)c1O)C[C@]1(O2)O[C@H](CO)[C@@H](O)[C@@H]1O. The van der Waals surface area contributed by atoms with E-state index in [1.54, 1.807) is 0 Å². The number of hydrogen-bond acceptors (Lipinski definition) is 9. The van der Waals surface area contributed by atoms with Gasteiger partial charge in [0, 0.05) is 12.0 Å². The van der Waals surface area contributed by atoms with Crippen LogP contribution in [0.5, 0.6) is 17.2 Å². The zero-order chi connectivity index (χ0) is 18.7. The van der Waals surface area contributed by atoms with Crippen molar-refractivity contribution in [3.63, 3.8) is 0 Å². The number of ether oxygens (including phenoxy) is 2. The van der Waals surface area contributed by atoms with Gasteiger partial charge in [0.25, 0.3) is 0 Å². The van der Waals surface area contributed by atoms with Crippen LogP contribution < -0.4 is 4.74 Å². The zero-order valence-electron chi connectivity index (χ0n) is 13.5. The molecule has 2 aliphatic heterocycles. The van der Waals surface area contributed by atoms with E-state index in [1.807, 2.05) is 0 Å². The third-order valence-electron chi connectivity index (χ3n) is 4.59. The van der Waals surface area contributed by atoms with E-state index in [2.05, 4.69) is 0 Å². The van der Waals surface area contributed by atoms with Gasteiger partial charge in [0.2, 0.25) is 5.79 Å². The van der Waals surface area contributed by atoms with Crippen molar-refractivity contribution < 1.29 is 44.6 Å². The maximum atomic E-state index is 12.0. The number of aliphatic hydroxyl groups excluding tert-OH is 3. The normalized spacial score (nSPS) is 30.4. The van der Waals surface area contributed by atoms with E-state index in [1.165, 1.54) is 6.92 Å². The summed E-state index contributed by atoms with van der Waals surface area (Å²) in [7, 11) is 0. The fraction of sp³-hybridized carbons (Fsp3) is 0.500. The highest BCUT2D eigenvalue weighted by atomic mass is 16.7. The smallest absolute Gasteiger partial charge is 0.244 e. The minimum Gasteiger partial charge on any atom is -0.506 e. The van der Waals surface area contributed by atoms with Crippen LogP contribution in [-0.4, -0.2) is 67.8 Å². The van der Waals surface area contributed by atoms with Crippen LogP contribution in [0.3, 0.4) is 0 Å². The molecular weight excluding hydrogens is 336 g/mol. The Bertz CT molecular complexity index is 772. The number of rotatable bonds is 3. The second-order valence-electron chi connectivity index (χ2n) is 6.23. The van der Waals surface area contributed by atoms with E-state index in [0.717, 1.165) is 6.92 Å². The van der Waals surface area contributed by atoms with E-state index in [4.69, 9.17) is 9.47 Å². The number of hydrogen-bond donors (Lipinski definition) is 5. The second-order valence-corrected chi connectivity index (χ2v) is 6.23. The molecule has 9 heteroatoms. The number of phenols is 2. The molecule has 1 fully saturated rings. The van der Waals surface area contributed by atoms with Crippen LogP contribution in [0.1, 0.15) is 40.1 Å². The molecule has 0 bridgehead atoms. The number of carbonyl (C=O) groups excluding carboxylic acids is 2. The Hall–Kier alpha value is -2.20. The first-order valence-electron chi connectivity index (χ1n) is 7.61. The van der Waals surface area contributed by atoms with Crippen molar-refractivity contribution in [1.82, 2.24) is 0 Å². The molecule has 0 aromatic heterocycles. The molecule has 136 valence electrons. The largest absolute Gasteiger partial charge is 0.506 e. The molecule has 0 aliphatic carbocycles. The lowest BCUT2D eigenvalue weighted by atomic mass is 9.92. The van der Waals surface area contributed by atoms with Gasteiger partial charge < -0.3 is 35.0 Å². The van der Waals surface area contributed by atoms with Crippen molar-refractivity contribution >= 4 is 11.6 Å². The Morgan fingerprint density at radius 2 is 1.72 bits per heavy atom. The number of Topliss-reactive ketones (excluding diaryl/α,β-unsaturated/α-hetero) is 2. The van der Waals surface area contributed by atoms with E-state index in [0.29, 0.717) is 0 Å². The molecule has 1 aromatic rings. The predicted octanol–water partition coefficient (Wildman–Crippen LogP) is -0.753. The van der Waals surface area contributed by atoms with Crippen LogP contribution in [0.25, 0.3) is 0 Å². The third kappa shape index (κ3) is 2.31. The Morgan fingerprint density at radius 1 is 1.12 bits per heavy atom. The Balaban J connectivity index is 2.19. The molecule has 1 spiro atoms. The summed E-state index contributed by atoms with van der Waals surface area (Å²) in [5.74, 6) is -4.76. The van der Waals surface area contributed by atoms with Crippen LogP contribution >= 0.6 is 0 Å². The number of aliphatic hydroxyl groups is 3. The fourth-order valence-electron chi connectivity index (χ4n) is 3.43. The molecule has 3 rings (SSSR count). The van der Waals surface area contributed by atoms with Gasteiger partial charge in [0.1, 0.15) is 29.6 Å². The highest BCUT2D eigenvalue weighted by Gasteiger charge is 2.60. The first kappa shape index (κ1) is 17.6. The molecule has 0 amide bonds. The number of aromatic hydroxyl groups is 2. The lowest BCUT2D eigenvalue weighted by Crippen LogP contribution is -2.47. The Morgan fingerprint density at radius 3 is 2.20 bits per heavy atom. The topological polar surface area (TPSA) is 154 Å². The van der Waals surface area contributed by atoms with Crippen LogP contribution in [0.2, 0.25) is 0 Å². The number of phenolic OH excluding ortho intramolecular Hbond substituents is 2. The van der Waals surface area contributed by atoms with Crippen LogP contribution in [-0.2, 0) is 11.2 Å². The lowest BCUT2D eigenvalue weighted by Gasteiger charge is -2.26. The van der Waals surface area contributed by atoms with Crippen LogP contribution in [0, 0.1) is 0 Å². The van der Waals surface area contributed by atoms with Gasteiger partial charge in [0.15, 0.2) is 23.1 Å². The second kappa shape index (κ2) is 5.67. The minimum atomic E-state index is -1.85. The molecule has 9 nitrogen and oxygen atoms in total. The number of benzene rings is 1. The van der Waals surface area contributed by atoms with Crippen molar-refractivity contribution in [2.75, 3.05) is 6.61 Å². The van der Waals surface area contributed by atoms with Gasteiger partial charge in [-0.2, -0.15) is 0 Å². The Labute approximate surface area is 142 Å². The predicted molar refractivity (Wildman–Crippen MR) is 80.8 cm³/mol. The number of ketones is 2. The maximum Gasteiger partial charge on any atom is 0.244 e. The standard InChI is InChI=1S/C16H18O9/c1-5(18)9-7-3-16(15(23)11(20)8(4-17)24-16)25-14(7)13(22)10(6(2)19)12(9)21/h8,11,15,17,20-23H,3-4H2,1-2H3/t8-,11-,15+,16-/m1/s1. The molecule has 0 saturated carbocycles. The van der Waals surface area contributed by atoms with Crippen molar-refractivity contribution in [2.24, 2.45) is 0 Å². The molecular formula is C16H18O9. The molecule has 4 atom stereocenters. The summed E-state index contributed by atoms with van der Waals surface area (Å²) in [6.45, 7) is 1.68. The number of fused-ring (bicyclic) bond motifs is 1. The molecule has 0 unspecified atom stereocenters. The molecule has 0 radical (unpaired) electrons. The Kier molecular flexibility index (Phi) is 3.99. The van der Waals surface area contributed by atoms with E-state index in [9.17, 15) is 35.1 Å². The highest BCUT2D eigenvalue weighted by molar-refractivity contribution is 6.08. The summed E-state index contributed by atoms with van der Waals surface area (Å²) in [4.78, 5) is 23.7. The van der Waals surface area contributed by atoms with Gasteiger partial charge in [-0.15, -0.1) is 0 Å². The van der Waals surface area contributed by atoms with E-state index >= 15 is 0 Å². The minimum absolute atomic E-state index is 0.0531. The lowest BCUT2D eigenvalue weighted by molar-refractivity contribution is -0.200. The quantitative estimate of drug-likeness (QED) is 0.441. The third-order valence-corrected chi connectivity index (χ3v) is 4.59. The summed E-state index contributed by atoms with van der Waals surface area (Å²) >= 11 is 0. The molecule has 25 heavy (non-hydrogen) atoms. The van der Waals surface area contributed by atoms with Crippen molar-refractivity contribution in [2.45, 2.75) is 44.4 Å². The van der Waals surface area contributed by atoms with Crippen molar-refractivity contribution in [1.29, 1.82) is 0 Å². The first-order chi connectivity index (χ1) is 11.6. The van der Waals surface area contributed by atoms with Crippen molar-refractivity contribution in [3.8, 4) is 17.2 Å². The zero-order valence-corrected chi connectivity index (χ0v) is 13.5. The average Bonchev–Trinajstić information content (AvgIpc) is 3.00. The molecule has 1 saturated heterocycles. The van der Waals surface area contributed by atoms with Gasteiger partial charge in [-0.25, -0.2) is 0 Å². The average molecular weight is 354 g/mol. The van der Waals surface area contributed by atoms with E-state index in [-0.39, 0.29) is 23.3 Å². The van der Waals surface area contributed by atoms with Crippen molar-refractivity contribution in [3.05, 3.63) is 16.7 Å². The van der Waals surface area contributed by atoms with E-state index < -0.39 is 59.3 Å². The summed E-state index contributed by atoms with van der Waals surface area (Å²) in [5, 5.41) is 50.1. The monoisotopic (exact) mass is 354 g/mol. The molecule has 1 aromatic carbocycles. The first-order valence-corrected chi connectivity index (χ1v) is 7.61. The molecule has 5 N–H and O–H groups in total. The summed E-state index contributed by atoms with van der Waals surface area (Å²) in [6.07, 6.45) is -4.44. The van der Waals surface area contributed by atoms with Crippen LogP contribution in [0.15, 0.2) is 0 Å². The highest BCUT2D eigenvalue weighted by Crippen LogP contribution is 2.52.